The number of guanidine groups is 1. The molecule has 0 spiro atoms. The Morgan fingerprint density at radius 3 is 2.40 bits per heavy atom. The van der Waals surface area contributed by atoms with Crippen molar-refractivity contribution in [3.63, 3.8) is 0 Å². The van der Waals surface area contributed by atoms with Gasteiger partial charge in [-0.2, -0.15) is 0 Å². The highest BCUT2D eigenvalue weighted by Gasteiger charge is 1.87. The lowest BCUT2D eigenvalue weighted by atomic mass is 10.4. The molecule has 0 aromatic carbocycles. The molecule has 0 atom stereocenters. The first-order valence-electron chi connectivity index (χ1n) is 3.10. The Bertz CT molecular complexity index is 168. The fraction of sp³-hybridized carbons (Fsp3) is 0.286. The Hall–Kier alpha value is -1.25. The highest BCUT2D eigenvalue weighted by Crippen LogP contribution is 1.89. The van der Waals surface area contributed by atoms with Crippen LogP contribution < -0.4 is 11.1 Å². The van der Waals surface area contributed by atoms with Crippen LogP contribution in [-0.2, 0) is 0 Å². The first-order chi connectivity index (χ1) is 4.70. The largest absolute Gasteiger partial charge is 0.370 e. The van der Waals surface area contributed by atoms with Crippen molar-refractivity contribution in [3.05, 3.63) is 23.9 Å². The Labute approximate surface area is 61.1 Å². The van der Waals surface area contributed by atoms with Gasteiger partial charge in [-0.3, -0.25) is 5.41 Å². The standard InChI is InChI=1S/C7H13N3/c1-3-5-6(4-2)10-7(8)9/h3-5H,1-2H3,(H4,8,9,10)/b5-3-,6-4+. The zero-order valence-electron chi connectivity index (χ0n) is 6.31. The fourth-order valence-corrected chi connectivity index (χ4v) is 0.545. The summed E-state index contributed by atoms with van der Waals surface area (Å²) in [4.78, 5) is 0. The van der Waals surface area contributed by atoms with E-state index in [2.05, 4.69) is 5.32 Å². The van der Waals surface area contributed by atoms with Crippen molar-refractivity contribution in [2.45, 2.75) is 13.8 Å². The van der Waals surface area contributed by atoms with Crippen molar-refractivity contribution in [3.8, 4) is 0 Å². The van der Waals surface area contributed by atoms with E-state index in [0.29, 0.717) is 0 Å². The van der Waals surface area contributed by atoms with Crippen LogP contribution in [0.15, 0.2) is 23.9 Å². The van der Waals surface area contributed by atoms with E-state index in [1.165, 1.54) is 0 Å². The second-order valence-electron chi connectivity index (χ2n) is 1.78. The Kier molecular flexibility index (Phi) is 4.04. The molecule has 0 aromatic heterocycles. The van der Waals surface area contributed by atoms with Gasteiger partial charge in [-0.25, -0.2) is 0 Å². The summed E-state index contributed by atoms with van der Waals surface area (Å²) in [6.07, 6.45) is 5.58. The SMILES string of the molecule is C/C=C\C(=C/C)NC(=N)N. The summed E-state index contributed by atoms with van der Waals surface area (Å²) in [5, 5.41) is 9.56. The molecule has 0 aliphatic carbocycles. The van der Waals surface area contributed by atoms with Crippen molar-refractivity contribution in [2.75, 3.05) is 0 Å². The van der Waals surface area contributed by atoms with Gasteiger partial charge >= 0.3 is 0 Å². The molecule has 0 bridgehead atoms. The molecule has 0 saturated carbocycles. The highest BCUT2D eigenvalue weighted by molar-refractivity contribution is 5.76. The molecule has 56 valence electrons. The number of nitrogens with one attached hydrogen (secondary N) is 2. The van der Waals surface area contributed by atoms with E-state index >= 15 is 0 Å². The predicted octanol–water partition coefficient (Wildman–Crippen LogP) is 0.949. The molecular formula is C7H13N3. The average Bonchev–Trinajstić information content (AvgIpc) is 1.86. The van der Waals surface area contributed by atoms with Crippen LogP contribution in [0.5, 0.6) is 0 Å². The van der Waals surface area contributed by atoms with Crippen LogP contribution in [0.2, 0.25) is 0 Å². The summed E-state index contributed by atoms with van der Waals surface area (Å²) in [6, 6.07) is 0. The third kappa shape index (κ3) is 3.72. The molecule has 3 nitrogen and oxygen atoms in total. The average molecular weight is 139 g/mol. The molecule has 0 fully saturated rings. The fourth-order valence-electron chi connectivity index (χ4n) is 0.545. The van der Waals surface area contributed by atoms with Crippen molar-refractivity contribution in [1.29, 1.82) is 5.41 Å². The van der Waals surface area contributed by atoms with Crippen LogP contribution in [0.25, 0.3) is 0 Å². The van der Waals surface area contributed by atoms with Gasteiger partial charge in [-0.05, 0) is 19.9 Å². The van der Waals surface area contributed by atoms with Crippen molar-refractivity contribution >= 4 is 5.96 Å². The number of allylic oxidation sites excluding steroid dienone is 3. The molecular weight excluding hydrogens is 126 g/mol. The Morgan fingerprint density at radius 1 is 1.50 bits per heavy atom. The molecule has 3 heteroatoms. The number of hydrogen-bond donors (Lipinski definition) is 3. The number of rotatable bonds is 2. The summed E-state index contributed by atoms with van der Waals surface area (Å²) in [5.41, 5.74) is 5.94. The van der Waals surface area contributed by atoms with E-state index in [0.717, 1.165) is 5.70 Å². The van der Waals surface area contributed by atoms with E-state index in [4.69, 9.17) is 11.1 Å². The molecule has 0 rings (SSSR count). The highest BCUT2D eigenvalue weighted by atomic mass is 15.0. The van der Waals surface area contributed by atoms with Crippen LogP contribution >= 0.6 is 0 Å². The summed E-state index contributed by atoms with van der Waals surface area (Å²) >= 11 is 0. The maximum atomic E-state index is 6.90. The summed E-state index contributed by atoms with van der Waals surface area (Å²) in [5.74, 6) is -0.0359. The molecule has 0 aliphatic heterocycles. The minimum Gasteiger partial charge on any atom is -0.370 e. The smallest absolute Gasteiger partial charge is 0.190 e. The van der Waals surface area contributed by atoms with E-state index in [1.54, 1.807) is 0 Å². The second kappa shape index (κ2) is 4.61. The first kappa shape index (κ1) is 8.75. The van der Waals surface area contributed by atoms with Gasteiger partial charge in [0.15, 0.2) is 5.96 Å². The zero-order valence-corrected chi connectivity index (χ0v) is 6.31. The minimum atomic E-state index is -0.0359. The minimum absolute atomic E-state index is 0.0359. The monoisotopic (exact) mass is 139 g/mol. The molecule has 0 heterocycles. The summed E-state index contributed by atoms with van der Waals surface area (Å²) in [6.45, 7) is 3.79. The van der Waals surface area contributed by atoms with Crippen LogP contribution in [-0.4, -0.2) is 5.96 Å². The third-order valence-corrected chi connectivity index (χ3v) is 0.936. The van der Waals surface area contributed by atoms with Crippen molar-refractivity contribution < 1.29 is 0 Å². The lowest BCUT2D eigenvalue weighted by Gasteiger charge is -2.01. The Morgan fingerprint density at radius 2 is 2.10 bits per heavy atom. The van der Waals surface area contributed by atoms with Crippen LogP contribution in [0.1, 0.15) is 13.8 Å². The first-order valence-corrected chi connectivity index (χ1v) is 3.10. The van der Waals surface area contributed by atoms with Gasteiger partial charge in [0.2, 0.25) is 0 Å². The number of hydrogen-bond acceptors (Lipinski definition) is 1. The summed E-state index contributed by atoms with van der Waals surface area (Å²) in [7, 11) is 0. The molecule has 0 saturated heterocycles. The lowest BCUT2D eigenvalue weighted by Crippen LogP contribution is -2.28. The predicted molar refractivity (Wildman–Crippen MR) is 43.6 cm³/mol. The van der Waals surface area contributed by atoms with E-state index < -0.39 is 0 Å². The molecule has 0 radical (unpaired) electrons. The van der Waals surface area contributed by atoms with Gasteiger partial charge in [-0.15, -0.1) is 0 Å². The van der Waals surface area contributed by atoms with Crippen molar-refractivity contribution in [2.24, 2.45) is 5.73 Å². The van der Waals surface area contributed by atoms with Crippen LogP contribution in [0.4, 0.5) is 0 Å². The van der Waals surface area contributed by atoms with Crippen LogP contribution in [0.3, 0.4) is 0 Å². The topological polar surface area (TPSA) is 61.9 Å². The molecule has 0 aromatic rings. The maximum Gasteiger partial charge on any atom is 0.190 e. The van der Waals surface area contributed by atoms with E-state index in [-0.39, 0.29) is 5.96 Å². The van der Waals surface area contributed by atoms with Gasteiger partial charge in [0.1, 0.15) is 0 Å². The molecule has 4 N–H and O–H groups in total. The lowest BCUT2D eigenvalue weighted by molar-refractivity contribution is 1.11. The normalized spacial score (nSPS) is 12.0. The molecule has 0 aliphatic rings. The van der Waals surface area contributed by atoms with Gasteiger partial charge in [0, 0.05) is 5.70 Å². The quantitative estimate of drug-likeness (QED) is 0.303. The van der Waals surface area contributed by atoms with Gasteiger partial charge in [0.05, 0.1) is 0 Å². The second-order valence-corrected chi connectivity index (χ2v) is 1.78. The van der Waals surface area contributed by atoms with E-state index in [1.807, 2.05) is 32.1 Å². The Balaban J connectivity index is 3.98. The summed E-state index contributed by atoms with van der Waals surface area (Å²) < 4.78 is 0. The molecule has 10 heavy (non-hydrogen) atoms. The van der Waals surface area contributed by atoms with Gasteiger partial charge < -0.3 is 11.1 Å². The van der Waals surface area contributed by atoms with Gasteiger partial charge in [-0.1, -0.05) is 12.2 Å². The molecule has 0 unspecified atom stereocenters. The third-order valence-electron chi connectivity index (χ3n) is 0.936. The van der Waals surface area contributed by atoms with Crippen molar-refractivity contribution in [1.82, 2.24) is 5.32 Å². The molecule has 0 amide bonds. The maximum absolute atomic E-state index is 6.90. The van der Waals surface area contributed by atoms with Gasteiger partial charge in [0.25, 0.3) is 0 Å². The van der Waals surface area contributed by atoms with E-state index in [9.17, 15) is 0 Å². The zero-order chi connectivity index (χ0) is 7.98. The number of nitrogens with two attached hydrogens (primary N) is 1. The van der Waals surface area contributed by atoms with Crippen LogP contribution in [0, 0.1) is 5.41 Å².